The van der Waals surface area contributed by atoms with Crippen molar-refractivity contribution in [1.82, 2.24) is 10.2 Å². The molecule has 2 fully saturated rings. The lowest BCUT2D eigenvalue weighted by atomic mass is 9.89. The minimum absolute atomic E-state index is 0.373. The van der Waals surface area contributed by atoms with E-state index in [9.17, 15) is 5.11 Å². The fourth-order valence-electron chi connectivity index (χ4n) is 3.46. The van der Waals surface area contributed by atoms with Gasteiger partial charge in [-0.3, -0.25) is 0 Å². The molecule has 1 saturated heterocycles. The molecule has 0 radical (unpaired) electrons. The Balaban J connectivity index is 1.51. The lowest BCUT2D eigenvalue weighted by Gasteiger charge is -2.27. The first-order chi connectivity index (χ1) is 10.1. The van der Waals surface area contributed by atoms with Gasteiger partial charge in [-0.2, -0.15) is 0 Å². The second-order valence-electron chi connectivity index (χ2n) is 7.19. The molecule has 1 aliphatic carbocycles. The number of rotatable bonds is 8. The van der Waals surface area contributed by atoms with Crippen LogP contribution in [0.2, 0.25) is 0 Å². The highest BCUT2D eigenvalue weighted by Gasteiger charge is 2.20. The van der Waals surface area contributed by atoms with Gasteiger partial charge in [-0.05, 0) is 64.5 Å². The van der Waals surface area contributed by atoms with E-state index in [1.54, 1.807) is 0 Å². The van der Waals surface area contributed by atoms with E-state index in [-0.39, 0.29) is 6.10 Å². The highest BCUT2D eigenvalue weighted by Crippen LogP contribution is 2.25. The van der Waals surface area contributed by atoms with E-state index in [1.165, 1.54) is 38.8 Å². The van der Waals surface area contributed by atoms with E-state index in [2.05, 4.69) is 24.1 Å². The largest absolute Gasteiger partial charge is 0.389 e. The van der Waals surface area contributed by atoms with Crippen LogP contribution >= 0.6 is 0 Å². The third-order valence-corrected chi connectivity index (χ3v) is 4.92. The zero-order valence-corrected chi connectivity index (χ0v) is 13.9. The van der Waals surface area contributed by atoms with Crippen LogP contribution in [-0.4, -0.2) is 61.0 Å². The third kappa shape index (κ3) is 6.64. The van der Waals surface area contributed by atoms with Crippen LogP contribution in [-0.2, 0) is 4.74 Å². The van der Waals surface area contributed by atoms with E-state index < -0.39 is 0 Å². The van der Waals surface area contributed by atoms with Gasteiger partial charge in [0, 0.05) is 19.1 Å². The number of hydrogen-bond acceptors (Lipinski definition) is 4. The molecule has 0 aromatic carbocycles. The van der Waals surface area contributed by atoms with E-state index >= 15 is 0 Å². The quantitative estimate of drug-likeness (QED) is 0.719. The summed E-state index contributed by atoms with van der Waals surface area (Å²) in [5.74, 6) is 0.850. The number of aliphatic hydroxyl groups is 1. The maximum atomic E-state index is 10.0. The minimum atomic E-state index is -0.384. The maximum Gasteiger partial charge on any atom is 0.0897 e. The summed E-state index contributed by atoms with van der Waals surface area (Å²) in [5.41, 5.74) is 0. The first kappa shape index (κ1) is 17.2. The van der Waals surface area contributed by atoms with Crippen molar-refractivity contribution in [2.24, 2.45) is 5.92 Å². The summed E-state index contributed by atoms with van der Waals surface area (Å²) in [6, 6.07) is 0.438. The number of nitrogens with zero attached hydrogens (tertiary/aromatic N) is 1. The molecule has 0 amide bonds. The highest BCUT2D eigenvalue weighted by atomic mass is 16.5. The van der Waals surface area contributed by atoms with Crippen molar-refractivity contribution < 1.29 is 9.84 Å². The number of ether oxygens (including phenoxy) is 1. The van der Waals surface area contributed by atoms with Crippen LogP contribution in [0.5, 0.6) is 0 Å². The van der Waals surface area contributed by atoms with Crippen LogP contribution in [0.3, 0.4) is 0 Å². The second-order valence-corrected chi connectivity index (χ2v) is 7.19. The summed E-state index contributed by atoms with van der Waals surface area (Å²) in [7, 11) is 0. The lowest BCUT2D eigenvalue weighted by Crippen LogP contribution is -2.42. The van der Waals surface area contributed by atoms with Crippen molar-refractivity contribution in [1.29, 1.82) is 0 Å². The Morgan fingerprint density at radius 2 is 1.86 bits per heavy atom. The van der Waals surface area contributed by atoms with E-state index in [4.69, 9.17) is 4.74 Å². The van der Waals surface area contributed by atoms with Gasteiger partial charge < -0.3 is 20.1 Å². The molecule has 4 heteroatoms. The number of aliphatic hydroxyl groups excluding tert-OH is 1. The fraction of sp³-hybridized carbons (Fsp3) is 1.00. The van der Waals surface area contributed by atoms with Crippen LogP contribution in [0.1, 0.15) is 52.4 Å². The van der Waals surface area contributed by atoms with Gasteiger partial charge in [0.2, 0.25) is 0 Å². The van der Waals surface area contributed by atoms with E-state index in [0.717, 1.165) is 25.3 Å². The van der Waals surface area contributed by atoms with Gasteiger partial charge in [0.25, 0.3) is 0 Å². The number of nitrogens with one attached hydrogen (secondary N) is 1. The number of likely N-dealkylation sites (tertiary alicyclic amines) is 1. The predicted octanol–water partition coefficient (Wildman–Crippen LogP) is 2.02. The summed E-state index contributed by atoms with van der Waals surface area (Å²) in [5, 5.41) is 13.5. The summed E-state index contributed by atoms with van der Waals surface area (Å²) < 4.78 is 5.86. The zero-order chi connectivity index (χ0) is 15.1. The van der Waals surface area contributed by atoms with Crippen LogP contribution in [0.15, 0.2) is 0 Å². The molecule has 0 aromatic rings. The Labute approximate surface area is 130 Å². The normalized spacial score (nSPS) is 30.4. The van der Waals surface area contributed by atoms with E-state index in [1.807, 2.05) is 0 Å². The molecule has 1 aliphatic heterocycles. The molecule has 2 unspecified atom stereocenters. The van der Waals surface area contributed by atoms with Gasteiger partial charge in [0.15, 0.2) is 0 Å². The van der Waals surface area contributed by atoms with Crippen molar-refractivity contribution in [3.8, 4) is 0 Å². The Kier molecular flexibility index (Phi) is 7.44. The van der Waals surface area contributed by atoms with Gasteiger partial charge in [-0.25, -0.2) is 0 Å². The van der Waals surface area contributed by atoms with Gasteiger partial charge in [-0.1, -0.05) is 6.92 Å². The molecule has 0 spiro atoms. The molecular weight excluding hydrogens is 264 g/mol. The molecule has 124 valence electrons. The number of hydrogen-bond donors (Lipinski definition) is 2. The van der Waals surface area contributed by atoms with Crippen LogP contribution in [0, 0.1) is 5.92 Å². The first-order valence-corrected chi connectivity index (χ1v) is 8.89. The lowest BCUT2D eigenvalue weighted by molar-refractivity contribution is -0.0284. The Morgan fingerprint density at radius 1 is 1.19 bits per heavy atom. The molecule has 0 bridgehead atoms. The Hall–Kier alpha value is -0.160. The zero-order valence-electron chi connectivity index (χ0n) is 13.9. The smallest absolute Gasteiger partial charge is 0.0897 e. The van der Waals surface area contributed by atoms with Crippen molar-refractivity contribution in [2.45, 2.75) is 70.6 Å². The molecule has 2 atom stereocenters. The minimum Gasteiger partial charge on any atom is -0.389 e. The summed E-state index contributed by atoms with van der Waals surface area (Å²) in [6.45, 7) is 9.19. The molecule has 1 saturated carbocycles. The molecule has 1 heterocycles. The maximum absolute atomic E-state index is 10.0. The molecule has 2 aliphatic rings. The first-order valence-electron chi connectivity index (χ1n) is 8.89. The summed E-state index contributed by atoms with van der Waals surface area (Å²) in [6.07, 6.45) is 7.52. The SMILES string of the molecule is CC1CCC(OCC(O)CNC(C)CN2CCCC2)CC1. The monoisotopic (exact) mass is 298 g/mol. The molecule has 0 aromatic heterocycles. The predicted molar refractivity (Wildman–Crippen MR) is 86.5 cm³/mol. The molecule has 21 heavy (non-hydrogen) atoms. The average molecular weight is 298 g/mol. The van der Waals surface area contributed by atoms with Gasteiger partial charge in [-0.15, -0.1) is 0 Å². The highest BCUT2D eigenvalue weighted by molar-refractivity contribution is 4.74. The van der Waals surface area contributed by atoms with Crippen LogP contribution < -0.4 is 5.32 Å². The second kappa shape index (κ2) is 9.09. The van der Waals surface area contributed by atoms with Crippen molar-refractivity contribution >= 4 is 0 Å². The van der Waals surface area contributed by atoms with Gasteiger partial charge in [0.05, 0.1) is 18.8 Å². The van der Waals surface area contributed by atoms with Gasteiger partial charge >= 0.3 is 0 Å². The van der Waals surface area contributed by atoms with Crippen LogP contribution in [0.4, 0.5) is 0 Å². The molecular formula is C17H34N2O2. The molecule has 2 rings (SSSR count). The van der Waals surface area contributed by atoms with Crippen molar-refractivity contribution in [2.75, 3.05) is 32.8 Å². The molecule has 2 N–H and O–H groups in total. The Bertz CT molecular complexity index is 274. The van der Waals surface area contributed by atoms with Crippen LogP contribution in [0.25, 0.3) is 0 Å². The topological polar surface area (TPSA) is 44.7 Å². The van der Waals surface area contributed by atoms with E-state index in [0.29, 0.717) is 25.3 Å². The molecule has 4 nitrogen and oxygen atoms in total. The third-order valence-electron chi connectivity index (χ3n) is 4.92. The summed E-state index contributed by atoms with van der Waals surface area (Å²) in [4.78, 5) is 2.50. The summed E-state index contributed by atoms with van der Waals surface area (Å²) >= 11 is 0. The Morgan fingerprint density at radius 3 is 2.52 bits per heavy atom. The van der Waals surface area contributed by atoms with Crippen molar-refractivity contribution in [3.63, 3.8) is 0 Å². The van der Waals surface area contributed by atoms with Crippen molar-refractivity contribution in [3.05, 3.63) is 0 Å². The standard InChI is InChI=1S/C17H34N2O2/c1-14-5-7-17(8-6-14)21-13-16(20)11-18-15(2)12-19-9-3-4-10-19/h14-18,20H,3-13H2,1-2H3. The average Bonchev–Trinajstić information content (AvgIpc) is 2.97. The van der Waals surface area contributed by atoms with Gasteiger partial charge in [0.1, 0.15) is 0 Å². The fourth-order valence-corrected chi connectivity index (χ4v) is 3.46.